The number of rotatable bonds is 1. The number of nitrogens with zero attached hydrogens (tertiary/aromatic N) is 1. The van der Waals surface area contributed by atoms with Gasteiger partial charge in [-0.1, -0.05) is 6.42 Å². The maximum atomic E-state index is 13.6. The lowest BCUT2D eigenvalue weighted by Crippen LogP contribution is -2.46. The van der Waals surface area contributed by atoms with Crippen molar-refractivity contribution in [1.29, 1.82) is 0 Å². The molecule has 1 aliphatic carbocycles. The Morgan fingerprint density at radius 1 is 1.26 bits per heavy atom. The van der Waals surface area contributed by atoms with Crippen LogP contribution < -0.4 is 0 Å². The van der Waals surface area contributed by atoms with E-state index in [1.165, 1.54) is 25.3 Å². The summed E-state index contributed by atoms with van der Waals surface area (Å²) in [6.07, 6.45) is 5.88. The highest BCUT2D eigenvalue weighted by atomic mass is 79.9. The van der Waals surface area contributed by atoms with Gasteiger partial charge in [0.2, 0.25) is 0 Å². The summed E-state index contributed by atoms with van der Waals surface area (Å²) < 4.78 is 14.0. The minimum Gasteiger partial charge on any atom is -0.335 e. The van der Waals surface area contributed by atoms with Crippen molar-refractivity contribution in [2.24, 2.45) is 5.92 Å². The van der Waals surface area contributed by atoms with Gasteiger partial charge in [-0.2, -0.15) is 0 Å². The molecule has 2 atom stereocenters. The molecule has 3 rings (SSSR count). The van der Waals surface area contributed by atoms with E-state index in [0.717, 1.165) is 19.4 Å². The number of amides is 1. The molecule has 0 radical (unpaired) electrons. The molecule has 1 aromatic carbocycles. The van der Waals surface area contributed by atoms with Gasteiger partial charge in [-0.15, -0.1) is 0 Å². The molecule has 19 heavy (non-hydrogen) atoms. The number of halogens is 2. The first-order valence-electron chi connectivity index (χ1n) is 6.93. The van der Waals surface area contributed by atoms with Crippen LogP contribution >= 0.6 is 15.9 Å². The first kappa shape index (κ1) is 13.1. The van der Waals surface area contributed by atoms with Gasteiger partial charge in [0.1, 0.15) is 5.82 Å². The van der Waals surface area contributed by atoms with Crippen molar-refractivity contribution >= 4 is 21.8 Å². The summed E-state index contributed by atoms with van der Waals surface area (Å²) in [7, 11) is 0. The number of fused-ring (bicyclic) bond motifs is 1. The molecule has 1 heterocycles. The van der Waals surface area contributed by atoms with Crippen LogP contribution in [0.1, 0.15) is 42.5 Å². The minimum atomic E-state index is -0.370. The van der Waals surface area contributed by atoms with E-state index >= 15 is 0 Å². The first-order valence-corrected chi connectivity index (χ1v) is 7.72. The van der Waals surface area contributed by atoms with Crippen LogP contribution in [0.4, 0.5) is 4.39 Å². The van der Waals surface area contributed by atoms with E-state index in [0.29, 0.717) is 22.0 Å². The van der Waals surface area contributed by atoms with Crippen LogP contribution in [0.3, 0.4) is 0 Å². The van der Waals surface area contributed by atoms with Crippen molar-refractivity contribution in [3.63, 3.8) is 0 Å². The summed E-state index contributed by atoms with van der Waals surface area (Å²) in [6.45, 7) is 0.817. The molecule has 1 saturated heterocycles. The summed E-state index contributed by atoms with van der Waals surface area (Å²) >= 11 is 3.12. The molecular weight excluding hydrogens is 309 g/mol. The zero-order chi connectivity index (χ0) is 13.4. The highest BCUT2D eigenvalue weighted by molar-refractivity contribution is 9.10. The van der Waals surface area contributed by atoms with E-state index in [1.807, 2.05) is 4.90 Å². The largest absolute Gasteiger partial charge is 0.335 e. The monoisotopic (exact) mass is 325 g/mol. The quantitative estimate of drug-likeness (QED) is 0.764. The summed E-state index contributed by atoms with van der Waals surface area (Å²) in [5, 5.41) is 0. The van der Waals surface area contributed by atoms with Gasteiger partial charge in [0.05, 0.1) is 4.47 Å². The van der Waals surface area contributed by atoms with E-state index in [4.69, 9.17) is 0 Å². The second-order valence-electron chi connectivity index (χ2n) is 5.53. The molecule has 1 amide bonds. The SMILES string of the molecule is O=C(c1ccc(Br)c(F)c1)N1CCCC2CCCC21. The Morgan fingerprint density at radius 2 is 2.05 bits per heavy atom. The van der Waals surface area contributed by atoms with Crippen LogP contribution in [0.2, 0.25) is 0 Å². The second kappa shape index (κ2) is 5.23. The third kappa shape index (κ3) is 2.42. The fourth-order valence-corrected chi connectivity index (χ4v) is 3.75. The van der Waals surface area contributed by atoms with Gasteiger partial charge in [-0.3, -0.25) is 4.79 Å². The fourth-order valence-electron chi connectivity index (χ4n) is 3.50. The van der Waals surface area contributed by atoms with E-state index in [-0.39, 0.29) is 11.7 Å². The Morgan fingerprint density at radius 3 is 2.84 bits per heavy atom. The molecule has 102 valence electrons. The zero-order valence-electron chi connectivity index (χ0n) is 10.7. The smallest absolute Gasteiger partial charge is 0.254 e. The Kier molecular flexibility index (Phi) is 3.61. The predicted molar refractivity (Wildman–Crippen MR) is 75.5 cm³/mol. The number of hydrogen-bond acceptors (Lipinski definition) is 1. The molecular formula is C15H17BrFNO. The lowest BCUT2D eigenvalue weighted by Gasteiger charge is -2.37. The fraction of sp³-hybridized carbons (Fsp3) is 0.533. The highest BCUT2D eigenvalue weighted by Gasteiger charge is 2.37. The minimum absolute atomic E-state index is 0.0111. The molecule has 4 heteroatoms. The number of piperidine rings is 1. The molecule has 1 saturated carbocycles. The van der Waals surface area contributed by atoms with Crippen molar-refractivity contribution in [3.05, 3.63) is 34.1 Å². The second-order valence-corrected chi connectivity index (χ2v) is 6.38. The van der Waals surface area contributed by atoms with Crippen LogP contribution in [0.15, 0.2) is 22.7 Å². The Bertz CT molecular complexity index is 505. The Hall–Kier alpha value is -0.900. The van der Waals surface area contributed by atoms with Gasteiger partial charge in [-0.25, -0.2) is 4.39 Å². The summed E-state index contributed by atoms with van der Waals surface area (Å²) in [6, 6.07) is 5.03. The van der Waals surface area contributed by atoms with Crippen molar-refractivity contribution in [1.82, 2.24) is 4.90 Å². The van der Waals surface area contributed by atoms with Gasteiger partial charge in [0.25, 0.3) is 5.91 Å². The summed E-state index contributed by atoms with van der Waals surface area (Å²) in [5.74, 6) is 0.284. The number of benzene rings is 1. The van der Waals surface area contributed by atoms with Crippen LogP contribution in [-0.4, -0.2) is 23.4 Å². The number of likely N-dealkylation sites (tertiary alicyclic amines) is 1. The average molecular weight is 326 g/mol. The number of carbonyl (C=O) groups excluding carboxylic acids is 1. The van der Waals surface area contributed by atoms with Crippen LogP contribution in [0.5, 0.6) is 0 Å². The van der Waals surface area contributed by atoms with E-state index in [2.05, 4.69) is 15.9 Å². The van der Waals surface area contributed by atoms with E-state index in [1.54, 1.807) is 12.1 Å². The van der Waals surface area contributed by atoms with Gasteiger partial charge in [-0.05, 0) is 65.7 Å². The molecule has 0 spiro atoms. The topological polar surface area (TPSA) is 20.3 Å². The Labute approximate surface area is 121 Å². The maximum absolute atomic E-state index is 13.6. The highest BCUT2D eigenvalue weighted by Crippen LogP contribution is 2.37. The number of hydrogen-bond donors (Lipinski definition) is 0. The normalized spacial score (nSPS) is 26.3. The van der Waals surface area contributed by atoms with E-state index < -0.39 is 0 Å². The molecule has 2 fully saturated rings. The lowest BCUT2D eigenvalue weighted by atomic mass is 9.91. The van der Waals surface area contributed by atoms with Crippen LogP contribution in [0.25, 0.3) is 0 Å². The van der Waals surface area contributed by atoms with Gasteiger partial charge in [0.15, 0.2) is 0 Å². The van der Waals surface area contributed by atoms with Gasteiger partial charge in [0, 0.05) is 18.2 Å². The third-order valence-electron chi connectivity index (χ3n) is 4.42. The van der Waals surface area contributed by atoms with Crippen molar-refractivity contribution in [2.75, 3.05) is 6.54 Å². The lowest BCUT2D eigenvalue weighted by molar-refractivity contribution is 0.0548. The van der Waals surface area contributed by atoms with Crippen LogP contribution in [0, 0.1) is 11.7 Å². The standard InChI is InChI=1S/C15H17BrFNO/c16-12-7-6-11(9-13(12)17)15(19)18-8-2-4-10-3-1-5-14(10)18/h6-7,9-10,14H,1-5,8H2. The average Bonchev–Trinajstić information content (AvgIpc) is 2.89. The predicted octanol–water partition coefficient (Wildman–Crippen LogP) is 3.99. The van der Waals surface area contributed by atoms with Gasteiger partial charge < -0.3 is 4.90 Å². The number of carbonyl (C=O) groups is 1. The molecule has 0 bridgehead atoms. The maximum Gasteiger partial charge on any atom is 0.254 e. The molecule has 1 aromatic rings. The molecule has 1 aliphatic heterocycles. The third-order valence-corrected chi connectivity index (χ3v) is 5.06. The summed E-state index contributed by atoms with van der Waals surface area (Å²) in [4.78, 5) is 14.5. The molecule has 2 nitrogen and oxygen atoms in total. The van der Waals surface area contributed by atoms with Crippen LogP contribution in [-0.2, 0) is 0 Å². The van der Waals surface area contributed by atoms with Gasteiger partial charge >= 0.3 is 0 Å². The summed E-state index contributed by atoms with van der Waals surface area (Å²) in [5.41, 5.74) is 0.466. The zero-order valence-corrected chi connectivity index (χ0v) is 12.3. The van der Waals surface area contributed by atoms with Crippen molar-refractivity contribution < 1.29 is 9.18 Å². The molecule has 2 aliphatic rings. The molecule has 2 unspecified atom stereocenters. The first-order chi connectivity index (χ1) is 9.16. The molecule has 0 N–H and O–H groups in total. The van der Waals surface area contributed by atoms with E-state index in [9.17, 15) is 9.18 Å². The van der Waals surface area contributed by atoms with Crippen molar-refractivity contribution in [3.8, 4) is 0 Å². The molecule has 0 aromatic heterocycles. The van der Waals surface area contributed by atoms with Crippen molar-refractivity contribution in [2.45, 2.75) is 38.1 Å². The Balaban J connectivity index is 1.84.